The van der Waals surface area contributed by atoms with Crippen LogP contribution in [0, 0.1) is 0 Å². The molecule has 0 bridgehead atoms. The van der Waals surface area contributed by atoms with Crippen molar-refractivity contribution in [3.8, 4) is 0 Å². The Kier molecular flexibility index (Phi) is 67.6. The number of carbonyl (C=O) groups is 3. The van der Waals surface area contributed by atoms with Crippen LogP contribution in [-0.4, -0.2) is 37.2 Å². The molecule has 476 valence electrons. The normalized spacial score (nSPS) is 12.5. The summed E-state index contributed by atoms with van der Waals surface area (Å²) >= 11 is 0. The van der Waals surface area contributed by atoms with Crippen LogP contribution >= 0.6 is 0 Å². The molecule has 0 radical (unpaired) electrons. The molecule has 0 N–H and O–H groups in total. The number of unbranched alkanes of at least 4 members (excludes halogenated alkanes) is 43. The number of carbonyl (C=O) groups excluding carboxylic acids is 3. The third-order valence-corrected chi connectivity index (χ3v) is 15.9. The number of hydrogen-bond acceptors (Lipinski definition) is 6. The van der Waals surface area contributed by atoms with Crippen LogP contribution in [-0.2, 0) is 28.6 Å². The van der Waals surface area contributed by atoms with Gasteiger partial charge in [0.05, 0.1) is 0 Å². The molecule has 0 saturated heterocycles. The average Bonchev–Trinajstić information content (AvgIpc) is 3.47. The highest BCUT2D eigenvalue weighted by atomic mass is 16.6. The summed E-state index contributed by atoms with van der Waals surface area (Å²) in [6.07, 6.45) is 92.0. The Bertz CT molecular complexity index is 1500. The second-order valence-electron chi connectivity index (χ2n) is 24.1. The first-order valence-electron chi connectivity index (χ1n) is 35.9. The lowest BCUT2D eigenvalue weighted by Crippen LogP contribution is -2.30. The molecule has 0 saturated carbocycles. The molecule has 0 aromatic carbocycles. The maximum absolute atomic E-state index is 13.0. The van der Waals surface area contributed by atoms with Crippen molar-refractivity contribution < 1.29 is 28.6 Å². The molecule has 0 amide bonds. The van der Waals surface area contributed by atoms with E-state index in [4.69, 9.17) is 14.2 Å². The molecule has 1 atom stereocenters. The molecule has 0 rings (SSSR count). The number of esters is 3. The van der Waals surface area contributed by atoms with Gasteiger partial charge in [0.25, 0.3) is 0 Å². The van der Waals surface area contributed by atoms with Crippen molar-refractivity contribution in [1.29, 1.82) is 0 Å². The summed E-state index contributed by atoms with van der Waals surface area (Å²) in [6.45, 7) is 6.66. The molecule has 0 heterocycles. The predicted octanol–water partition coefficient (Wildman–Crippen LogP) is 24.8. The van der Waals surface area contributed by atoms with Gasteiger partial charge in [0, 0.05) is 19.3 Å². The van der Waals surface area contributed by atoms with E-state index in [1.54, 1.807) is 0 Å². The van der Waals surface area contributed by atoms with Gasteiger partial charge in [-0.1, -0.05) is 312 Å². The van der Waals surface area contributed by atoms with Crippen molar-refractivity contribution in [1.82, 2.24) is 0 Å². The van der Waals surface area contributed by atoms with E-state index in [1.165, 1.54) is 244 Å². The minimum absolute atomic E-state index is 0.0803. The van der Waals surface area contributed by atoms with Crippen molar-refractivity contribution >= 4 is 17.9 Å². The van der Waals surface area contributed by atoms with Gasteiger partial charge in [0.15, 0.2) is 6.10 Å². The lowest BCUT2D eigenvalue weighted by atomic mass is 10.0. The van der Waals surface area contributed by atoms with Crippen LogP contribution in [0.5, 0.6) is 0 Å². The predicted molar refractivity (Wildman–Crippen MR) is 358 cm³/mol. The van der Waals surface area contributed by atoms with E-state index in [9.17, 15) is 14.4 Å². The van der Waals surface area contributed by atoms with Gasteiger partial charge in [0.2, 0.25) is 0 Å². The monoisotopic (exact) mass is 1150 g/mol. The van der Waals surface area contributed by atoms with Crippen LogP contribution in [0.15, 0.2) is 72.9 Å². The molecular weight excluding hydrogens is 1010 g/mol. The largest absolute Gasteiger partial charge is 0.462 e. The molecular formula is C76H136O6. The Balaban J connectivity index is 4.36. The Morgan fingerprint density at radius 3 is 0.695 bits per heavy atom. The number of hydrogen-bond donors (Lipinski definition) is 0. The molecule has 0 aromatic rings. The fourth-order valence-corrected chi connectivity index (χ4v) is 10.5. The van der Waals surface area contributed by atoms with Crippen LogP contribution < -0.4 is 0 Å². The van der Waals surface area contributed by atoms with E-state index in [1.807, 2.05) is 0 Å². The van der Waals surface area contributed by atoms with Crippen molar-refractivity contribution in [2.24, 2.45) is 0 Å². The molecule has 0 aliphatic rings. The molecule has 0 aromatic heterocycles. The fraction of sp³-hybridized carbons (Fsp3) is 0.803. The average molecular weight is 1150 g/mol. The quantitative estimate of drug-likeness (QED) is 0.0261. The topological polar surface area (TPSA) is 78.9 Å². The van der Waals surface area contributed by atoms with E-state index in [-0.39, 0.29) is 31.1 Å². The summed E-state index contributed by atoms with van der Waals surface area (Å²) in [6, 6.07) is 0. The third kappa shape index (κ3) is 67.6. The highest BCUT2D eigenvalue weighted by Gasteiger charge is 2.19. The van der Waals surface area contributed by atoms with E-state index in [0.717, 1.165) is 89.9 Å². The minimum Gasteiger partial charge on any atom is -0.462 e. The standard InChI is InChI=1S/C76H136O6/c1-4-7-10-13-16-19-22-25-28-31-34-36-37-38-39-41-42-45-48-51-54-57-60-63-66-69-75(78)81-72-73(71-80-74(77)68-65-62-59-56-53-50-47-44-33-30-27-24-21-18-15-12-9-6-3)82-76(79)70-67-64-61-58-55-52-49-46-43-40-35-32-29-26-23-20-17-14-11-8-5-2/h22-23,25-26,30-35,43,46,73H,4-21,24,27-29,36-42,44-45,47-72H2,1-3H3/b25-22-,26-23-,33-30-,34-31-,35-32-,46-43-. The summed E-state index contributed by atoms with van der Waals surface area (Å²) in [5.74, 6) is -0.877. The summed E-state index contributed by atoms with van der Waals surface area (Å²) in [5, 5.41) is 0. The zero-order valence-electron chi connectivity index (χ0n) is 54.8. The lowest BCUT2D eigenvalue weighted by Gasteiger charge is -2.18. The van der Waals surface area contributed by atoms with Gasteiger partial charge in [-0.3, -0.25) is 14.4 Å². The second kappa shape index (κ2) is 70.3. The molecule has 6 heteroatoms. The molecule has 0 aliphatic heterocycles. The van der Waals surface area contributed by atoms with Crippen molar-refractivity contribution in [3.05, 3.63) is 72.9 Å². The molecule has 6 nitrogen and oxygen atoms in total. The first-order chi connectivity index (χ1) is 40.5. The summed E-state index contributed by atoms with van der Waals surface area (Å²) in [7, 11) is 0. The summed E-state index contributed by atoms with van der Waals surface area (Å²) in [4.78, 5) is 38.5. The van der Waals surface area contributed by atoms with E-state index in [2.05, 4.69) is 93.7 Å². The second-order valence-corrected chi connectivity index (χ2v) is 24.1. The highest BCUT2D eigenvalue weighted by Crippen LogP contribution is 2.17. The number of ether oxygens (including phenoxy) is 3. The van der Waals surface area contributed by atoms with Crippen LogP contribution in [0.4, 0.5) is 0 Å². The molecule has 0 spiro atoms. The maximum Gasteiger partial charge on any atom is 0.306 e. The molecule has 0 aliphatic carbocycles. The Hall–Kier alpha value is -3.15. The first-order valence-corrected chi connectivity index (χ1v) is 35.9. The van der Waals surface area contributed by atoms with Gasteiger partial charge in [0.1, 0.15) is 13.2 Å². The number of rotatable bonds is 66. The van der Waals surface area contributed by atoms with Gasteiger partial charge in [-0.25, -0.2) is 0 Å². The van der Waals surface area contributed by atoms with Gasteiger partial charge in [-0.2, -0.15) is 0 Å². The van der Waals surface area contributed by atoms with E-state index in [0.29, 0.717) is 19.3 Å². The smallest absolute Gasteiger partial charge is 0.306 e. The maximum atomic E-state index is 13.0. The molecule has 1 unspecified atom stereocenters. The fourth-order valence-electron chi connectivity index (χ4n) is 10.5. The Labute approximate surface area is 510 Å². The zero-order valence-corrected chi connectivity index (χ0v) is 54.8. The van der Waals surface area contributed by atoms with Crippen LogP contribution in [0.25, 0.3) is 0 Å². The van der Waals surface area contributed by atoms with Crippen molar-refractivity contribution in [3.63, 3.8) is 0 Å². The van der Waals surface area contributed by atoms with Crippen molar-refractivity contribution in [2.75, 3.05) is 13.2 Å². The molecule has 0 fully saturated rings. The van der Waals surface area contributed by atoms with Crippen LogP contribution in [0.1, 0.15) is 374 Å². The van der Waals surface area contributed by atoms with Crippen LogP contribution in [0.3, 0.4) is 0 Å². The van der Waals surface area contributed by atoms with Crippen LogP contribution in [0.2, 0.25) is 0 Å². The van der Waals surface area contributed by atoms with E-state index < -0.39 is 6.10 Å². The third-order valence-electron chi connectivity index (χ3n) is 15.9. The SMILES string of the molecule is CCCCCCC/C=C\C/C=C\C/C=C\CCCCCCCCC(=O)OC(COC(=O)CCCCCCCCC/C=C\CCCCCCCCC)COC(=O)CCCCCCCCCCCCCCC/C=C\C/C=C\CCCCCCC. The van der Waals surface area contributed by atoms with Gasteiger partial charge < -0.3 is 14.2 Å². The summed E-state index contributed by atoms with van der Waals surface area (Å²) in [5.41, 5.74) is 0. The number of allylic oxidation sites excluding steroid dienone is 12. The lowest BCUT2D eigenvalue weighted by molar-refractivity contribution is -0.167. The van der Waals surface area contributed by atoms with Crippen molar-refractivity contribution in [2.45, 2.75) is 380 Å². The van der Waals surface area contributed by atoms with Gasteiger partial charge in [-0.15, -0.1) is 0 Å². The first kappa shape index (κ1) is 78.8. The minimum atomic E-state index is -0.787. The zero-order chi connectivity index (χ0) is 59.2. The van der Waals surface area contributed by atoms with E-state index >= 15 is 0 Å². The highest BCUT2D eigenvalue weighted by molar-refractivity contribution is 5.71. The Morgan fingerprint density at radius 1 is 0.244 bits per heavy atom. The van der Waals surface area contributed by atoms with Gasteiger partial charge in [-0.05, 0) is 116 Å². The Morgan fingerprint density at radius 2 is 0.439 bits per heavy atom. The summed E-state index contributed by atoms with van der Waals surface area (Å²) < 4.78 is 17.0. The van der Waals surface area contributed by atoms with Gasteiger partial charge >= 0.3 is 17.9 Å². The molecule has 82 heavy (non-hydrogen) atoms.